The lowest BCUT2D eigenvalue weighted by molar-refractivity contribution is -0.107. The molecule has 0 aromatic heterocycles. The molecule has 0 unspecified atom stereocenters. The van der Waals surface area contributed by atoms with Crippen molar-refractivity contribution in [2.45, 2.75) is 13.3 Å². The van der Waals surface area contributed by atoms with Crippen LogP contribution < -0.4 is 5.32 Å². The van der Waals surface area contributed by atoms with Crippen LogP contribution in [0.1, 0.15) is 13.3 Å². The topological polar surface area (TPSA) is 29.1 Å². The van der Waals surface area contributed by atoms with Crippen LogP contribution >= 0.6 is 0 Å². The summed E-state index contributed by atoms with van der Waals surface area (Å²) in [5.41, 5.74) is 1.16. The van der Waals surface area contributed by atoms with Crippen molar-refractivity contribution in [2.75, 3.05) is 12.4 Å². The highest BCUT2D eigenvalue weighted by molar-refractivity contribution is 5.48. The normalized spacial score (nSPS) is 7.83. The van der Waals surface area contributed by atoms with E-state index in [1.165, 1.54) is 0 Å². The van der Waals surface area contributed by atoms with Gasteiger partial charge in [-0.15, -0.1) is 0 Å². The fourth-order valence-electron chi connectivity index (χ4n) is 0.605. The molecule has 0 bridgehead atoms. The summed E-state index contributed by atoms with van der Waals surface area (Å²) in [7, 11) is 1.91. The third kappa shape index (κ3) is 5.47. The van der Waals surface area contributed by atoms with E-state index in [0.717, 1.165) is 12.0 Å². The van der Waals surface area contributed by atoms with E-state index in [4.69, 9.17) is 0 Å². The Balaban J connectivity index is 0.000000261. The van der Waals surface area contributed by atoms with Gasteiger partial charge in [0.25, 0.3) is 0 Å². The van der Waals surface area contributed by atoms with Crippen LogP contribution in [0.3, 0.4) is 0 Å². The first-order chi connectivity index (χ1) is 5.85. The molecule has 12 heavy (non-hydrogen) atoms. The lowest BCUT2D eigenvalue weighted by Crippen LogP contribution is -1.84. The fraction of sp³-hybridized carbons (Fsp3) is 0.300. The quantitative estimate of drug-likeness (QED) is 0.681. The predicted molar refractivity (Wildman–Crippen MR) is 52.3 cm³/mol. The third-order valence-corrected chi connectivity index (χ3v) is 1.23. The number of nitrogens with one attached hydrogen (secondary N) is 1. The van der Waals surface area contributed by atoms with Crippen LogP contribution in [0, 0.1) is 0 Å². The molecule has 0 aliphatic heterocycles. The lowest BCUT2D eigenvalue weighted by atomic mass is 10.3. The molecule has 1 rings (SSSR count). The zero-order chi connectivity index (χ0) is 9.23. The smallest absolute Gasteiger partial charge is 0.119 e. The summed E-state index contributed by atoms with van der Waals surface area (Å²) in [6, 6.07) is 10.1. The van der Waals surface area contributed by atoms with E-state index >= 15 is 0 Å². The number of aldehydes is 1. The minimum Gasteiger partial charge on any atom is -0.388 e. The highest BCUT2D eigenvalue weighted by Gasteiger charge is 1.77. The summed E-state index contributed by atoms with van der Waals surface area (Å²) < 4.78 is 0. The molecule has 1 aromatic carbocycles. The Bertz CT molecular complexity index is 196. The third-order valence-electron chi connectivity index (χ3n) is 1.23. The Kier molecular flexibility index (Phi) is 6.94. The van der Waals surface area contributed by atoms with E-state index in [0.29, 0.717) is 6.42 Å². The van der Waals surface area contributed by atoms with Gasteiger partial charge in [-0.25, -0.2) is 0 Å². The molecule has 2 heteroatoms. The monoisotopic (exact) mass is 165 g/mol. The first-order valence-corrected chi connectivity index (χ1v) is 4.01. The van der Waals surface area contributed by atoms with E-state index in [9.17, 15) is 4.79 Å². The number of para-hydroxylation sites is 1. The van der Waals surface area contributed by atoms with Gasteiger partial charge in [0.1, 0.15) is 6.29 Å². The van der Waals surface area contributed by atoms with E-state index in [1.54, 1.807) is 0 Å². The molecule has 0 amide bonds. The molecule has 0 heterocycles. The van der Waals surface area contributed by atoms with Crippen molar-refractivity contribution in [3.8, 4) is 0 Å². The molecule has 0 atom stereocenters. The second kappa shape index (κ2) is 7.79. The van der Waals surface area contributed by atoms with E-state index < -0.39 is 0 Å². The molecular formula is C10H15NO. The van der Waals surface area contributed by atoms with E-state index in [2.05, 4.69) is 5.32 Å². The van der Waals surface area contributed by atoms with Crippen molar-refractivity contribution in [1.29, 1.82) is 0 Å². The van der Waals surface area contributed by atoms with Gasteiger partial charge in [0.05, 0.1) is 0 Å². The standard InChI is InChI=1S/C7H9N.C3H6O/c1-8-7-5-3-2-4-6-7;1-2-3-4/h2-6,8H,1H3;3H,2H2,1H3. The zero-order valence-corrected chi connectivity index (χ0v) is 7.58. The van der Waals surface area contributed by atoms with Crippen molar-refractivity contribution >= 4 is 12.0 Å². The Morgan fingerprint density at radius 2 is 1.83 bits per heavy atom. The summed E-state index contributed by atoms with van der Waals surface area (Å²) >= 11 is 0. The molecule has 2 nitrogen and oxygen atoms in total. The summed E-state index contributed by atoms with van der Waals surface area (Å²) in [6.07, 6.45) is 1.51. The van der Waals surface area contributed by atoms with Crippen molar-refractivity contribution in [1.82, 2.24) is 0 Å². The van der Waals surface area contributed by atoms with Crippen LogP contribution in [0.15, 0.2) is 30.3 Å². The average Bonchev–Trinajstić information content (AvgIpc) is 2.19. The van der Waals surface area contributed by atoms with Gasteiger partial charge in [0.2, 0.25) is 0 Å². The van der Waals surface area contributed by atoms with Crippen LogP contribution in [-0.2, 0) is 4.79 Å². The van der Waals surface area contributed by atoms with Crippen LogP contribution in [0.5, 0.6) is 0 Å². The number of hydrogen-bond donors (Lipinski definition) is 1. The predicted octanol–water partition coefficient (Wildman–Crippen LogP) is 2.32. The van der Waals surface area contributed by atoms with Crippen molar-refractivity contribution in [2.24, 2.45) is 0 Å². The van der Waals surface area contributed by atoms with Gasteiger partial charge >= 0.3 is 0 Å². The molecule has 1 aromatic rings. The molecule has 0 aliphatic carbocycles. The second-order valence-corrected chi connectivity index (χ2v) is 2.19. The van der Waals surface area contributed by atoms with Gasteiger partial charge in [-0.1, -0.05) is 25.1 Å². The van der Waals surface area contributed by atoms with Gasteiger partial charge in [0, 0.05) is 19.2 Å². The molecule has 1 N–H and O–H groups in total. The Morgan fingerprint density at radius 1 is 1.33 bits per heavy atom. The van der Waals surface area contributed by atoms with Crippen molar-refractivity contribution < 1.29 is 4.79 Å². The maximum atomic E-state index is 9.17. The number of hydrogen-bond acceptors (Lipinski definition) is 2. The zero-order valence-electron chi connectivity index (χ0n) is 7.58. The van der Waals surface area contributed by atoms with Crippen LogP contribution in [0.25, 0.3) is 0 Å². The summed E-state index contributed by atoms with van der Waals surface area (Å²) in [4.78, 5) is 9.17. The van der Waals surface area contributed by atoms with Crippen LogP contribution in [-0.4, -0.2) is 13.3 Å². The molecular weight excluding hydrogens is 150 g/mol. The summed E-state index contributed by atoms with van der Waals surface area (Å²) in [5, 5.41) is 3.03. The molecule has 0 saturated heterocycles. The summed E-state index contributed by atoms with van der Waals surface area (Å²) in [6.45, 7) is 1.81. The Morgan fingerprint density at radius 3 is 2.08 bits per heavy atom. The van der Waals surface area contributed by atoms with Crippen molar-refractivity contribution in [3.63, 3.8) is 0 Å². The highest BCUT2D eigenvalue weighted by Crippen LogP contribution is 2.01. The first kappa shape index (κ1) is 10.7. The number of carbonyl (C=O) groups is 1. The molecule has 0 radical (unpaired) electrons. The number of benzene rings is 1. The largest absolute Gasteiger partial charge is 0.388 e. The minimum atomic E-state index is 0.639. The van der Waals surface area contributed by atoms with Gasteiger partial charge in [0.15, 0.2) is 0 Å². The Hall–Kier alpha value is -1.31. The summed E-state index contributed by atoms with van der Waals surface area (Å²) in [5.74, 6) is 0. The van der Waals surface area contributed by atoms with Gasteiger partial charge in [-0.2, -0.15) is 0 Å². The second-order valence-electron chi connectivity index (χ2n) is 2.19. The van der Waals surface area contributed by atoms with Gasteiger partial charge in [-0.3, -0.25) is 0 Å². The SMILES string of the molecule is CCC=O.CNc1ccccc1. The lowest BCUT2D eigenvalue weighted by Gasteiger charge is -1.94. The average molecular weight is 165 g/mol. The van der Waals surface area contributed by atoms with E-state index in [1.807, 2.05) is 44.3 Å². The molecule has 0 fully saturated rings. The maximum Gasteiger partial charge on any atom is 0.119 e. The number of rotatable bonds is 2. The number of carbonyl (C=O) groups excluding carboxylic acids is 1. The minimum absolute atomic E-state index is 0.639. The molecule has 66 valence electrons. The Labute approximate surface area is 73.6 Å². The number of anilines is 1. The molecule has 0 aliphatic rings. The van der Waals surface area contributed by atoms with Gasteiger partial charge < -0.3 is 10.1 Å². The molecule has 0 saturated carbocycles. The van der Waals surface area contributed by atoms with Crippen LogP contribution in [0.2, 0.25) is 0 Å². The first-order valence-electron chi connectivity index (χ1n) is 4.01. The highest BCUT2D eigenvalue weighted by atomic mass is 16.1. The fourth-order valence-corrected chi connectivity index (χ4v) is 0.605. The molecule has 0 spiro atoms. The van der Waals surface area contributed by atoms with Crippen LogP contribution in [0.4, 0.5) is 5.69 Å². The van der Waals surface area contributed by atoms with E-state index in [-0.39, 0.29) is 0 Å². The maximum absolute atomic E-state index is 9.17. The van der Waals surface area contributed by atoms with Gasteiger partial charge in [-0.05, 0) is 12.1 Å². The van der Waals surface area contributed by atoms with Crippen molar-refractivity contribution in [3.05, 3.63) is 30.3 Å².